The Kier molecular flexibility index (Phi) is 6.39. The fraction of sp³-hybridized carbons (Fsp3) is 0.294. The molecule has 0 fully saturated rings. The highest BCUT2D eigenvalue weighted by molar-refractivity contribution is 9.10. The first-order chi connectivity index (χ1) is 10.2. The number of hydrogen-bond donors (Lipinski definition) is 2. The molecule has 3 N–H and O–H groups in total. The molecule has 2 atom stereocenters. The van der Waals surface area contributed by atoms with E-state index in [2.05, 4.69) is 45.6 Å². The van der Waals surface area contributed by atoms with Gasteiger partial charge in [0.15, 0.2) is 0 Å². The molecular weight excluding hydrogens is 328 g/mol. The lowest BCUT2D eigenvalue weighted by atomic mass is 9.96. The van der Waals surface area contributed by atoms with Crippen molar-refractivity contribution in [2.24, 2.45) is 5.84 Å². The SMILES string of the molecule is CCOC(c1ccccc1)C(Cc1cccc(Br)c1)NN. The second-order valence-corrected chi connectivity index (χ2v) is 5.81. The molecule has 0 saturated carbocycles. The molecule has 0 bridgehead atoms. The fourth-order valence-electron chi connectivity index (χ4n) is 2.44. The number of ether oxygens (including phenoxy) is 1. The van der Waals surface area contributed by atoms with Crippen molar-refractivity contribution in [3.8, 4) is 0 Å². The number of benzene rings is 2. The van der Waals surface area contributed by atoms with Crippen LogP contribution < -0.4 is 11.3 Å². The molecular formula is C17H21BrN2O. The van der Waals surface area contributed by atoms with Crippen molar-refractivity contribution in [1.82, 2.24) is 5.43 Å². The first-order valence-electron chi connectivity index (χ1n) is 7.11. The van der Waals surface area contributed by atoms with Crippen LogP contribution >= 0.6 is 15.9 Å². The highest BCUT2D eigenvalue weighted by Crippen LogP contribution is 2.24. The molecule has 2 rings (SSSR count). The normalized spacial score (nSPS) is 13.9. The van der Waals surface area contributed by atoms with Crippen LogP contribution in [0.25, 0.3) is 0 Å². The predicted molar refractivity (Wildman–Crippen MR) is 89.8 cm³/mol. The first kappa shape index (κ1) is 16.2. The lowest BCUT2D eigenvalue weighted by Crippen LogP contribution is -2.42. The van der Waals surface area contributed by atoms with Gasteiger partial charge in [0.1, 0.15) is 0 Å². The Morgan fingerprint density at radius 1 is 1.14 bits per heavy atom. The molecule has 112 valence electrons. The smallest absolute Gasteiger partial charge is 0.0994 e. The third-order valence-corrected chi connectivity index (χ3v) is 3.89. The van der Waals surface area contributed by atoms with Crippen LogP contribution in [0.5, 0.6) is 0 Å². The second-order valence-electron chi connectivity index (χ2n) is 4.89. The Labute approximate surface area is 134 Å². The summed E-state index contributed by atoms with van der Waals surface area (Å²) >= 11 is 3.50. The zero-order chi connectivity index (χ0) is 15.1. The van der Waals surface area contributed by atoms with Crippen LogP contribution in [0.3, 0.4) is 0 Å². The summed E-state index contributed by atoms with van der Waals surface area (Å²) in [5.74, 6) is 5.79. The van der Waals surface area contributed by atoms with Gasteiger partial charge in [0.05, 0.1) is 12.1 Å². The lowest BCUT2D eigenvalue weighted by molar-refractivity contribution is 0.0332. The summed E-state index contributed by atoms with van der Waals surface area (Å²) in [7, 11) is 0. The van der Waals surface area contributed by atoms with Gasteiger partial charge < -0.3 is 4.74 Å². The van der Waals surface area contributed by atoms with Crippen LogP contribution in [0.4, 0.5) is 0 Å². The second kappa shape index (κ2) is 8.29. The zero-order valence-electron chi connectivity index (χ0n) is 12.1. The summed E-state index contributed by atoms with van der Waals surface area (Å²) in [4.78, 5) is 0. The molecule has 0 radical (unpaired) electrons. The third-order valence-electron chi connectivity index (χ3n) is 3.40. The van der Waals surface area contributed by atoms with Gasteiger partial charge in [0.25, 0.3) is 0 Å². The van der Waals surface area contributed by atoms with Gasteiger partial charge in [-0.1, -0.05) is 58.4 Å². The van der Waals surface area contributed by atoms with Gasteiger partial charge in [-0.2, -0.15) is 0 Å². The van der Waals surface area contributed by atoms with Crippen molar-refractivity contribution in [3.63, 3.8) is 0 Å². The van der Waals surface area contributed by atoms with E-state index in [1.165, 1.54) is 5.56 Å². The quantitative estimate of drug-likeness (QED) is 0.593. The first-order valence-corrected chi connectivity index (χ1v) is 7.91. The van der Waals surface area contributed by atoms with Gasteiger partial charge in [0, 0.05) is 11.1 Å². The molecule has 0 amide bonds. The molecule has 21 heavy (non-hydrogen) atoms. The van der Waals surface area contributed by atoms with E-state index in [4.69, 9.17) is 10.6 Å². The molecule has 4 heteroatoms. The highest BCUT2D eigenvalue weighted by Gasteiger charge is 2.23. The Morgan fingerprint density at radius 2 is 1.90 bits per heavy atom. The standard InChI is InChI=1S/C17H21BrN2O/c1-2-21-17(14-8-4-3-5-9-14)16(20-19)12-13-7-6-10-15(18)11-13/h3-11,16-17,20H,2,12,19H2,1H3. The molecule has 0 aliphatic carbocycles. The number of nitrogens with one attached hydrogen (secondary N) is 1. The van der Waals surface area contributed by atoms with Crippen LogP contribution in [0.2, 0.25) is 0 Å². The van der Waals surface area contributed by atoms with Crippen molar-refractivity contribution < 1.29 is 4.74 Å². The Hall–Kier alpha value is -1.20. The van der Waals surface area contributed by atoms with Crippen molar-refractivity contribution in [2.75, 3.05) is 6.61 Å². The van der Waals surface area contributed by atoms with Gasteiger partial charge in [-0.05, 0) is 36.6 Å². The minimum Gasteiger partial charge on any atom is -0.372 e. The summed E-state index contributed by atoms with van der Waals surface area (Å²) in [6.07, 6.45) is 0.732. The van der Waals surface area contributed by atoms with E-state index in [9.17, 15) is 0 Å². The number of rotatable bonds is 7. The highest BCUT2D eigenvalue weighted by atomic mass is 79.9. The van der Waals surface area contributed by atoms with E-state index in [0.717, 1.165) is 16.5 Å². The topological polar surface area (TPSA) is 47.3 Å². The molecule has 2 aromatic rings. The van der Waals surface area contributed by atoms with E-state index in [1.807, 2.05) is 37.3 Å². The van der Waals surface area contributed by atoms with Gasteiger partial charge in [-0.3, -0.25) is 11.3 Å². The van der Waals surface area contributed by atoms with Gasteiger partial charge in [-0.25, -0.2) is 0 Å². The Balaban J connectivity index is 2.20. The summed E-state index contributed by atoms with van der Waals surface area (Å²) in [5, 5.41) is 0. The van der Waals surface area contributed by atoms with E-state index >= 15 is 0 Å². The van der Waals surface area contributed by atoms with Crippen LogP contribution in [0.1, 0.15) is 24.2 Å². The molecule has 0 spiro atoms. The number of hydrogen-bond acceptors (Lipinski definition) is 3. The molecule has 0 heterocycles. The lowest BCUT2D eigenvalue weighted by Gasteiger charge is -2.27. The average molecular weight is 349 g/mol. The van der Waals surface area contributed by atoms with Crippen molar-refractivity contribution in [3.05, 3.63) is 70.2 Å². The van der Waals surface area contributed by atoms with Crippen LogP contribution in [0, 0.1) is 0 Å². The minimum absolute atomic E-state index is 0.0154. The molecule has 2 aromatic carbocycles. The number of halogens is 1. The molecule has 0 saturated heterocycles. The zero-order valence-corrected chi connectivity index (χ0v) is 13.7. The van der Waals surface area contributed by atoms with Crippen molar-refractivity contribution >= 4 is 15.9 Å². The largest absolute Gasteiger partial charge is 0.372 e. The number of hydrazine groups is 1. The van der Waals surface area contributed by atoms with Crippen molar-refractivity contribution in [2.45, 2.75) is 25.5 Å². The minimum atomic E-state index is -0.0693. The molecule has 2 unspecified atom stereocenters. The summed E-state index contributed by atoms with van der Waals surface area (Å²) in [6, 6.07) is 18.5. The molecule has 0 aliphatic heterocycles. The van der Waals surface area contributed by atoms with E-state index in [0.29, 0.717) is 6.61 Å². The molecule has 0 aliphatic rings. The Bertz CT molecular complexity index is 547. The van der Waals surface area contributed by atoms with Gasteiger partial charge in [0.2, 0.25) is 0 Å². The maximum atomic E-state index is 5.93. The summed E-state index contributed by atoms with van der Waals surface area (Å²) < 4.78 is 7.00. The Morgan fingerprint density at radius 3 is 2.52 bits per heavy atom. The van der Waals surface area contributed by atoms with Gasteiger partial charge >= 0.3 is 0 Å². The molecule has 0 aromatic heterocycles. The maximum absolute atomic E-state index is 5.93. The van der Waals surface area contributed by atoms with Crippen LogP contribution in [-0.4, -0.2) is 12.6 Å². The van der Waals surface area contributed by atoms with E-state index < -0.39 is 0 Å². The summed E-state index contributed by atoms with van der Waals surface area (Å²) in [6.45, 7) is 2.65. The number of nitrogens with two attached hydrogens (primary N) is 1. The monoisotopic (exact) mass is 348 g/mol. The summed E-state index contributed by atoms with van der Waals surface area (Å²) in [5.41, 5.74) is 5.27. The fourth-order valence-corrected chi connectivity index (χ4v) is 2.88. The third kappa shape index (κ3) is 4.64. The van der Waals surface area contributed by atoms with Crippen molar-refractivity contribution in [1.29, 1.82) is 0 Å². The van der Waals surface area contributed by atoms with Gasteiger partial charge in [-0.15, -0.1) is 0 Å². The maximum Gasteiger partial charge on any atom is 0.0994 e. The molecule has 3 nitrogen and oxygen atoms in total. The predicted octanol–water partition coefficient (Wildman–Crippen LogP) is 3.60. The van der Waals surface area contributed by atoms with E-state index in [1.54, 1.807) is 0 Å². The van der Waals surface area contributed by atoms with Crippen LogP contribution in [-0.2, 0) is 11.2 Å². The van der Waals surface area contributed by atoms with Crippen LogP contribution in [0.15, 0.2) is 59.1 Å². The average Bonchev–Trinajstić information content (AvgIpc) is 2.51. The van der Waals surface area contributed by atoms with E-state index in [-0.39, 0.29) is 12.1 Å².